The minimum absolute atomic E-state index is 0.177. The van der Waals surface area contributed by atoms with Crippen LogP contribution in [0.5, 0.6) is 17.5 Å². The van der Waals surface area contributed by atoms with Crippen LogP contribution in [0.2, 0.25) is 0 Å². The minimum atomic E-state index is 0.177. The molecular weight excluding hydrogens is 330 g/mol. The second kappa shape index (κ2) is 5.94. The van der Waals surface area contributed by atoms with Gasteiger partial charge in [-0.15, -0.1) is 0 Å². The van der Waals surface area contributed by atoms with Crippen LogP contribution in [0.15, 0.2) is 34.9 Å². The maximum Gasteiger partial charge on any atom is 0.322 e. The van der Waals surface area contributed by atoms with Crippen LogP contribution in [-0.4, -0.2) is 22.1 Å². The molecule has 1 aromatic carbocycles. The average molecular weight is 340 g/mol. The number of hydrogen-bond acceptors (Lipinski definition) is 5. The molecule has 0 saturated carbocycles. The summed E-state index contributed by atoms with van der Waals surface area (Å²) in [5, 5.41) is 0. The summed E-state index contributed by atoms with van der Waals surface area (Å²) in [6.45, 7) is 0. The number of halogens is 1. The summed E-state index contributed by atoms with van der Waals surface area (Å²) in [6.07, 6.45) is 1.54. The third-order valence-corrected chi connectivity index (χ3v) is 3.06. The fraction of sp³-hybridized carbons (Fsp3) is 0.0833. The molecule has 0 amide bonds. The van der Waals surface area contributed by atoms with E-state index < -0.39 is 0 Å². The van der Waals surface area contributed by atoms with E-state index in [1.165, 1.54) is 6.20 Å². The van der Waals surface area contributed by atoms with Gasteiger partial charge >= 0.3 is 6.01 Å². The van der Waals surface area contributed by atoms with E-state index in [2.05, 4.69) is 25.9 Å². The van der Waals surface area contributed by atoms with Crippen molar-refractivity contribution in [3.8, 4) is 17.5 Å². The molecule has 1 heterocycles. The molecule has 0 aliphatic carbocycles. The van der Waals surface area contributed by atoms with Gasteiger partial charge in [0.25, 0.3) is 0 Å². The topological polar surface area (TPSA) is 70.3 Å². The molecule has 98 valence electrons. The highest BCUT2D eigenvalue weighted by Gasteiger charge is 2.08. The standard InChI is InChI=1S/C12H10BrN3O2S/c1-17-7-2-3-10(8(13)6-7)18-12-15-5-4-9(16-12)11(14)19/h2-6H,1H3,(H2,14,19). The predicted octanol–water partition coefficient (Wildman–Crippen LogP) is 2.67. The maximum absolute atomic E-state index is 5.56. The Bertz CT molecular complexity index is 622. The molecule has 2 rings (SSSR count). The predicted molar refractivity (Wildman–Crippen MR) is 78.7 cm³/mol. The highest BCUT2D eigenvalue weighted by Crippen LogP contribution is 2.31. The maximum atomic E-state index is 5.56. The van der Waals surface area contributed by atoms with Gasteiger partial charge in [-0.05, 0) is 40.2 Å². The number of nitrogens with zero attached hydrogens (tertiary/aromatic N) is 2. The van der Waals surface area contributed by atoms with Crippen molar-refractivity contribution in [2.75, 3.05) is 7.11 Å². The molecule has 0 aliphatic heterocycles. The van der Waals surface area contributed by atoms with E-state index in [4.69, 9.17) is 27.4 Å². The van der Waals surface area contributed by atoms with E-state index in [9.17, 15) is 0 Å². The molecule has 5 nitrogen and oxygen atoms in total. The second-order valence-corrected chi connectivity index (χ2v) is 4.78. The summed E-state index contributed by atoms with van der Waals surface area (Å²) in [5.74, 6) is 1.29. The summed E-state index contributed by atoms with van der Waals surface area (Å²) in [6, 6.07) is 7.11. The third kappa shape index (κ3) is 3.39. The van der Waals surface area contributed by atoms with Gasteiger partial charge in [-0.1, -0.05) is 12.2 Å². The van der Waals surface area contributed by atoms with Crippen LogP contribution in [0.4, 0.5) is 0 Å². The quantitative estimate of drug-likeness (QED) is 0.863. The molecule has 0 bridgehead atoms. The molecule has 0 saturated heterocycles. The first-order valence-electron chi connectivity index (χ1n) is 5.24. The number of hydrogen-bond donors (Lipinski definition) is 1. The van der Waals surface area contributed by atoms with Crippen LogP contribution < -0.4 is 15.2 Å². The Morgan fingerprint density at radius 1 is 1.37 bits per heavy atom. The van der Waals surface area contributed by atoms with Crippen molar-refractivity contribution in [3.63, 3.8) is 0 Å². The summed E-state index contributed by atoms with van der Waals surface area (Å²) in [4.78, 5) is 8.30. The van der Waals surface area contributed by atoms with E-state index in [-0.39, 0.29) is 11.0 Å². The number of methoxy groups -OCH3 is 1. The molecule has 2 aromatic rings. The lowest BCUT2D eigenvalue weighted by molar-refractivity contribution is 0.409. The lowest BCUT2D eigenvalue weighted by Crippen LogP contribution is -2.12. The minimum Gasteiger partial charge on any atom is -0.497 e. The van der Waals surface area contributed by atoms with Crippen molar-refractivity contribution in [2.45, 2.75) is 0 Å². The van der Waals surface area contributed by atoms with E-state index >= 15 is 0 Å². The van der Waals surface area contributed by atoms with Crippen LogP contribution in [0.3, 0.4) is 0 Å². The monoisotopic (exact) mass is 339 g/mol. The van der Waals surface area contributed by atoms with Crippen LogP contribution >= 0.6 is 28.1 Å². The zero-order valence-electron chi connectivity index (χ0n) is 9.96. The summed E-state index contributed by atoms with van der Waals surface area (Å²) < 4.78 is 11.4. The molecule has 0 atom stereocenters. The average Bonchev–Trinajstić information content (AvgIpc) is 2.41. The molecule has 19 heavy (non-hydrogen) atoms. The number of thiocarbonyl (C=S) groups is 1. The van der Waals surface area contributed by atoms with Gasteiger partial charge in [0.15, 0.2) is 0 Å². The second-order valence-electron chi connectivity index (χ2n) is 3.49. The Morgan fingerprint density at radius 2 is 2.16 bits per heavy atom. The Kier molecular flexibility index (Phi) is 4.28. The molecule has 2 N–H and O–H groups in total. The molecule has 0 unspecified atom stereocenters. The highest BCUT2D eigenvalue weighted by molar-refractivity contribution is 9.10. The lowest BCUT2D eigenvalue weighted by atomic mass is 10.3. The summed E-state index contributed by atoms with van der Waals surface area (Å²) in [5.41, 5.74) is 5.97. The number of benzene rings is 1. The fourth-order valence-electron chi connectivity index (χ4n) is 1.32. The van der Waals surface area contributed by atoms with Crippen molar-refractivity contribution in [2.24, 2.45) is 5.73 Å². The van der Waals surface area contributed by atoms with Crippen LogP contribution in [0.1, 0.15) is 5.69 Å². The first-order chi connectivity index (χ1) is 9.10. The molecule has 0 fully saturated rings. The lowest BCUT2D eigenvalue weighted by Gasteiger charge is -2.08. The normalized spacial score (nSPS) is 10.0. The largest absolute Gasteiger partial charge is 0.497 e. The third-order valence-electron chi connectivity index (χ3n) is 2.23. The first kappa shape index (κ1) is 13.7. The van der Waals surface area contributed by atoms with Crippen molar-refractivity contribution in [1.29, 1.82) is 0 Å². The Hall–Kier alpha value is -1.73. The Labute approximate surface area is 123 Å². The summed E-state index contributed by atoms with van der Waals surface area (Å²) >= 11 is 8.23. The van der Waals surface area contributed by atoms with Gasteiger partial charge in [0.2, 0.25) is 0 Å². The van der Waals surface area contributed by atoms with Gasteiger partial charge in [0.05, 0.1) is 11.6 Å². The van der Waals surface area contributed by atoms with Gasteiger partial charge in [-0.2, -0.15) is 4.98 Å². The van der Waals surface area contributed by atoms with E-state index in [0.29, 0.717) is 11.4 Å². The fourth-order valence-corrected chi connectivity index (χ4v) is 1.87. The molecule has 0 radical (unpaired) electrons. The van der Waals surface area contributed by atoms with E-state index in [1.807, 2.05) is 0 Å². The highest BCUT2D eigenvalue weighted by atomic mass is 79.9. The molecule has 0 aliphatic rings. The number of ether oxygens (including phenoxy) is 2. The van der Waals surface area contributed by atoms with Crippen molar-refractivity contribution in [1.82, 2.24) is 9.97 Å². The molecule has 7 heteroatoms. The van der Waals surface area contributed by atoms with Crippen molar-refractivity contribution >= 4 is 33.1 Å². The van der Waals surface area contributed by atoms with Gasteiger partial charge in [0.1, 0.15) is 22.2 Å². The van der Waals surface area contributed by atoms with E-state index in [0.717, 1.165) is 10.2 Å². The van der Waals surface area contributed by atoms with Crippen molar-refractivity contribution < 1.29 is 9.47 Å². The Morgan fingerprint density at radius 3 is 2.79 bits per heavy atom. The number of aromatic nitrogens is 2. The molecular formula is C12H10BrN3O2S. The first-order valence-corrected chi connectivity index (χ1v) is 6.44. The zero-order chi connectivity index (χ0) is 13.8. The van der Waals surface area contributed by atoms with Gasteiger partial charge in [0, 0.05) is 6.20 Å². The van der Waals surface area contributed by atoms with Gasteiger partial charge < -0.3 is 15.2 Å². The van der Waals surface area contributed by atoms with Gasteiger partial charge in [-0.3, -0.25) is 0 Å². The van der Waals surface area contributed by atoms with E-state index in [1.54, 1.807) is 31.4 Å². The van der Waals surface area contributed by atoms with Crippen molar-refractivity contribution in [3.05, 3.63) is 40.6 Å². The number of rotatable bonds is 4. The smallest absolute Gasteiger partial charge is 0.322 e. The van der Waals surface area contributed by atoms with Gasteiger partial charge in [-0.25, -0.2) is 4.98 Å². The Balaban J connectivity index is 2.26. The SMILES string of the molecule is COc1ccc(Oc2nccc(C(N)=S)n2)c(Br)c1. The van der Waals surface area contributed by atoms with Crippen LogP contribution in [0, 0.1) is 0 Å². The van der Waals surface area contributed by atoms with Crippen LogP contribution in [-0.2, 0) is 0 Å². The summed E-state index contributed by atoms with van der Waals surface area (Å²) in [7, 11) is 1.59. The number of nitrogens with two attached hydrogens (primary N) is 1. The zero-order valence-corrected chi connectivity index (χ0v) is 12.4. The van der Waals surface area contributed by atoms with Crippen LogP contribution in [0.25, 0.3) is 0 Å². The molecule has 0 spiro atoms. The molecule has 1 aromatic heterocycles.